The molecule has 0 spiro atoms. The number of aromatic nitrogens is 1. The lowest BCUT2D eigenvalue weighted by molar-refractivity contribution is 0.0524. The van der Waals surface area contributed by atoms with Gasteiger partial charge in [0, 0.05) is 28.8 Å². The number of thioether (sulfide) groups is 1. The van der Waals surface area contributed by atoms with Crippen LogP contribution in [0.15, 0.2) is 23.2 Å². The molecule has 0 fully saturated rings. The Balaban J connectivity index is 1.95. The highest BCUT2D eigenvalue weighted by atomic mass is 32.2. The SMILES string of the molecule is C[C@@H]1Sc2cccnc2[C@@H]1CNC(=O)OC(C)(C)C. The third-order valence-corrected chi connectivity index (χ3v) is 4.20. The molecular formula is C14H20N2O2S. The van der Waals surface area contributed by atoms with Crippen molar-refractivity contribution in [2.24, 2.45) is 0 Å². The number of carbonyl (C=O) groups excluding carboxylic acids is 1. The van der Waals surface area contributed by atoms with Crippen molar-refractivity contribution in [1.82, 2.24) is 10.3 Å². The highest BCUT2D eigenvalue weighted by Crippen LogP contribution is 2.43. The lowest BCUT2D eigenvalue weighted by Gasteiger charge is -2.21. The third kappa shape index (κ3) is 3.62. The summed E-state index contributed by atoms with van der Waals surface area (Å²) >= 11 is 1.81. The predicted octanol–water partition coefficient (Wildman–Crippen LogP) is 3.18. The summed E-state index contributed by atoms with van der Waals surface area (Å²) in [6.07, 6.45) is 1.44. The van der Waals surface area contributed by atoms with Crippen LogP contribution >= 0.6 is 11.8 Å². The Morgan fingerprint density at radius 2 is 2.26 bits per heavy atom. The number of alkyl carbamates (subject to hydrolysis) is 1. The van der Waals surface area contributed by atoms with Gasteiger partial charge in [0.25, 0.3) is 0 Å². The predicted molar refractivity (Wildman–Crippen MR) is 76.5 cm³/mol. The first kappa shape index (κ1) is 14.2. The summed E-state index contributed by atoms with van der Waals surface area (Å²) in [5.74, 6) is 0.244. The summed E-state index contributed by atoms with van der Waals surface area (Å²) in [6, 6.07) is 4.03. The highest BCUT2D eigenvalue weighted by molar-refractivity contribution is 8.00. The number of nitrogens with one attached hydrogen (secondary N) is 1. The van der Waals surface area contributed by atoms with Gasteiger partial charge >= 0.3 is 6.09 Å². The highest BCUT2D eigenvalue weighted by Gasteiger charge is 2.31. The molecule has 1 aromatic heterocycles. The Morgan fingerprint density at radius 1 is 1.53 bits per heavy atom. The molecule has 19 heavy (non-hydrogen) atoms. The van der Waals surface area contributed by atoms with Gasteiger partial charge in [-0.3, -0.25) is 4.98 Å². The van der Waals surface area contributed by atoms with E-state index in [0.29, 0.717) is 11.8 Å². The quantitative estimate of drug-likeness (QED) is 0.904. The molecule has 1 N–H and O–H groups in total. The average molecular weight is 280 g/mol. The van der Waals surface area contributed by atoms with E-state index in [2.05, 4.69) is 23.3 Å². The fraction of sp³-hybridized carbons (Fsp3) is 0.571. The molecule has 0 aliphatic carbocycles. The second kappa shape index (κ2) is 5.41. The smallest absolute Gasteiger partial charge is 0.407 e. The first-order valence-corrected chi connectivity index (χ1v) is 7.33. The van der Waals surface area contributed by atoms with Gasteiger partial charge in [0.2, 0.25) is 0 Å². The monoisotopic (exact) mass is 280 g/mol. The van der Waals surface area contributed by atoms with Gasteiger partial charge in [0.1, 0.15) is 5.60 Å². The fourth-order valence-corrected chi connectivity index (χ4v) is 3.33. The van der Waals surface area contributed by atoms with E-state index in [1.165, 1.54) is 4.90 Å². The maximum Gasteiger partial charge on any atom is 0.407 e. The molecule has 1 aliphatic rings. The van der Waals surface area contributed by atoms with E-state index in [1.807, 2.05) is 38.6 Å². The molecule has 2 rings (SSSR count). The van der Waals surface area contributed by atoms with Gasteiger partial charge in [-0.1, -0.05) is 6.92 Å². The number of fused-ring (bicyclic) bond motifs is 1. The van der Waals surface area contributed by atoms with Crippen LogP contribution in [0.3, 0.4) is 0 Å². The van der Waals surface area contributed by atoms with Gasteiger partial charge in [-0.25, -0.2) is 4.79 Å². The standard InChI is InChI=1S/C14H20N2O2S/c1-9-10(8-16-13(17)18-14(2,3)4)12-11(19-9)6-5-7-15-12/h5-7,9-10H,8H2,1-4H3,(H,16,17)/t9-,10+/m0/s1. The molecule has 2 atom stereocenters. The van der Waals surface area contributed by atoms with Crippen LogP contribution in [0.25, 0.3) is 0 Å². The molecule has 2 heterocycles. The topological polar surface area (TPSA) is 51.2 Å². The van der Waals surface area contributed by atoms with Crippen molar-refractivity contribution < 1.29 is 9.53 Å². The normalized spacial score (nSPS) is 21.9. The summed E-state index contributed by atoms with van der Waals surface area (Å²) < 4.78 is 5.24. The maximum absolute atomic E-state index is 11.7. The van der Waals surface area contributed by atoms with Gasteiger partial charge in [-0.15, -0.1) is 11.8 Å². The third-order valence-electron chi connectivity index (χ3n) is 2.90. The van der Waals surface area contributed by atoms with Crippen LogP contribution in [0, 0.1) is 0 Å². The molecular weight excluding hydrogens is 260 g/mol. The molecule has 0 radical (unpaired) electrons. The number of hydrogen-bond donors (Lipinski definition) is 1. The van der Waals surface area contributed by atoms with E-state index in [0.717, 1.165) is 5.69 Å². The summed E-state index contributed by atoms with van der Waals surface area (Å²) in [5.41, 5.74) is 0.618. The molecule has 4 nitrogen and oxygen atoms in total. The van der Waals surface area contributed by atoms with Gasteiger partial charge in [-0.05, 0) is 32.9 Å². The largest absolute Gasteiger partial charge is 0.444 e. The first-order valence-electron chi connectivity index (χ1n) is 6.45. The van der Waals surface area contributed by atoms with Crippen LogP contribution in [0.4, 0.5) is 4.79 Å². The van der Waals surface area contributed by atoms with Crippen molar-refractivity contribution in [2.75, 3.05) is 6.54 Å². The number of pyridine rings is 1. The van der Waals surface area contributed by atoms with Crippen LogP contribution in [0.1, 0.15) is 39.3 Å². The number of ether oxygens (including phenoxy) is 1. The Labute approximate surface area is 118 Å². The average Bonchev–Trinajstić information content (AvgIpc) is 2.60. The molecule has 1 aliphatic heterocycles. The zero-order valence-electron chi connectivity index (χ0n) is 11.8. The van der Waals surface area contributed by atoms with Gasteiger partial charge in [0.05, 0.1) is 5.69 Å². The fourth-order valence-electron chi connectivity index (χ4n) is 2.06. The Hall–Kier alpha value is -1.23. The summed E-state index contributed by atoms with van der Waals surface area (Å²) in [5, 5.41) is 3.25. The van der Waals surface area contributed by atoms with Crippen molar-refractivity contribution >= 4 is 17.9 Å². The molecule has 5 heteroatoms. The molecule has 0 saturated heterocycles. The number of amides is 1. The van der Waals surface area contributed by atoms with E-state index in [4.69, 9.17) is 4.74 Å². The lowest BCUT2D eigenvalue weighted by Crippen LogP contribution is -2.35. The van der Waals surface area contributed by atoms with Crippen molar-refractivity contribution in [3.63, 3.8) is 0 Å². The van der Waals surface area contributed by atoms with Crippen LogP contribution < -0.4 is 5.32 Å². The van der Waals surface area contributed by atoms with E-state index < -0.39 is 5.60 Å². The van der Waals surface area contributed by atoms with Gasteiger partial charge in [0.15, 0.2) is 0 Å². The maximum atomic E-state index is 11.7. The van der Waals surface area contributed by atoms with Gasteiger partial charge in [-0.2, -0.15) is 0 Å². The van der Waals surface area contributed by atoms with Crippen molar-refractivity contribution in [2.45, 2.75) is 49.4 Å². The van der Waals surface area contributed by atoms with E-state index in [9.17, 15) is 4.79 Å². The van der Waals surface area contributed by atoms with Crippen molar-refractivity contribution in [3.05, 3.63) is 24.0 Å². The van der Waals surface area contributed by atoms with Crippen LogP contribution in [-0.2, 0) is 4.74 Å². The minimum absolute atomic E-state index is 0.244. The Kier molecular flexibility index (Phi) is 4.04. The molecule has 104 valence electrons. The number of carbonyl (C=O) groups is 1. The first-order chi connectivity index (χ1) is 8.87. The molecule has 0 saturated carbocycles. The van der Waals surface area contributed by atoms with E-state index in [-0.39, 0.29) is 12.0 Å². The van der Waals surface area contributed by atoms with Crippen LogP contribution in [-0.4, -0.2) is 28.5 Å². The zero-order chi connectivity index (χ0) is 14.0. The number of hydrogen-bond acceptors (Lipinski definition) is 4. The summed E-state index contributed by atoms with van der Waals surface area (Å²) in [7, 11) is 0. The van der Waals surface area contributed by atoms with Crippen molar-refractivity contribution in [1.29, 1.82) is 0 Å². The molecule has 0 bridgehead atoms. The van der Waals surface area contributed by atoms with E-state index in [1.54, 1.807) is 6.20 Å². The molecule has 1 aromatic rings. The Bertz CT molecular complexity index is 471. The number of nitrogens with zero attached hydrogens (tertiary/aromatic N) is 1. The van der Waals surface area contributed by atoms with Gasteiger partial charge < -0.3 is 10.1 Å². The second-order valence-electron chi connectivity index (χ2n) is 5.70. The summed E-state index contributed by atoms with van der Waals surface area (Å²) in [4.78, 5) is 17.3. The summed E-state index contributed by atoms with van der Waals surface area (Å²) in [6.45, 7) is 8.30. The van der Waals surface area contributed by atoms with E-state index >= 15 is 0 Å². The second-order valence-corrected chi connectivity index (χ2v) is 7.12. The number of rotatable bonds is 2. The minimum Gasteiger partial charge on any atom is -0.444 e. The van der Waals surface area contributed by atoms with Crippen molar-refractivity contribution in [3.8, 4) is 0 Å². The molecule has 1 amide bonds. The Morgan fingerprint density at radius 3 is 2.95 bits per heavy atom. The molecule has 0 aromatic carbocycles. The van der Waals surface area contributed by atoms with Crippen LogP contribution in [0.2, 0.25) is 0 Å². The zero-order valence-corrected chi connectivity index (χ0v) is 12.6. The lowest BCUT2D eigenvalue weighted by atomic mass is 10.0. The molecule has 0 unspecified atom stereocenters. The van der Waals surface area contributed by atoms with Crippen LogP contribution in [0.5, 0.6) is 0 Å². The minimum atomic E-state index is -0.462.